The highest BCUT2D eigenvalue weighted by Crippen LogP contribution is 2.44. The van der Waals surface area contributed by atoms with Crippen molar-refractivity contribution in [3.05, 3.63) is 102 Å². The summed E-state index contributed by atoms with van der Waals surface area (Å²) in [6, 6.07) is 22.6. The number of hydrogen-bond acceptors (Lipinski definition) is 12. The minimum atomic E-state index is -1.55. The number of likely N-dealkylation sites (N-methyl/N-ethyl adjacent to an activating group) is 1. The van der Waals surface area contributed by atoms with Crippen LogP contribution < -0.4 is 14.8 Å². The molecular formula is C45H60N4O9S. The zero-order valence-electron chi connectivity index (χ0n) is 35.2. The van der Waals surface area contributed by atoms with Crippen LogP contribution in [0.1, 0.15) is 64.1 Å². The third-order valence-electron chi connectivity index (χ3n) is 9.44. The zero-order chi connectivity index (χ0) is 43.5. The van der Waals surface area contributed by atoms with Crippen molar-refractivity contribution in [2.24, 2.45) is 5.41 Å². The van der Waals surface area contributed by atoms with Crippen LogP contribution in [0.2, 0.25) is 0 Å². The van der Waals surface area contributed by atoms with Gasteiger partial charge < -0.3 is 50.0 Å². The predicted molar refractivity (Wildman–Crippen MR) is 231 cm³/mol. The summed E-state index contributed by atoms with van der Waals surface area (Å²) < 4.78 is 13.9. The van der Waals surface area contributed by atoms with Gasteiger partial charge in [0.2, 0.25) is 5.88 Å². The molecule has 13 nitrogen and oxygen atoms in total. The molecule has 0 spiro atoms. The van der Waals surface area contributed by atoms with E-state index >= 15 is 0 Å². The highest BCUT2D eigenvalue weighted by atomic mass is 32.2. The van der Waals surface area contributed by atoms with Gasteiger partial charge in [0, 0.05) is 69.8 Å². The van der Waals surface area contributed by atoms with Crippen molar-refractivity contribution >= 4 is 28.6 Å². The topological polar surface area (TPSA) is 200 Å². The van der Waals surface area contributed by atoms with Gasteiger partial charge in [0.25, 0.3) is 0 Å². The molecule has 5 rings (SSSR count). The van der Waals surface area contributed by atoms with Gasteiger partial charge in [-0.2, -0.15) is 0 Å². The molecule has 0 aliphatic carbocycles. The Labute approximate surface area is 351 Å². The Bertz CT molecular complexity index is 2080. The van der Waals surface area contributed by atoms with Crippen molar-refractivity contribution in [1.29, 1.82) is 0 Å². The second-order valence-corrected chi connectivity index (χ2v) is 17.9. The number of nitrogens with one attached hydrogen (secondary N) is 1. The molecule has 3 heterocycles. The van der Waals surface area contributed by atoms with Gasteiger partial charge in [0.05, 0.1) is 30.4 Å². The van der Waals surface area contributed by atoms with Gasteiger partial charge in [0.1, 0.15) is 30.7 Å². The molecule has 59 heavy (non-hydrogen) atoms. The molecule has 0 aliphatic rings. The first-order chi connectivity index (χ1) is 27.9. The van der Waals surface area contributed by atoms with Crippen LogP contribution in [0.4, 0.5) is 0 Å². The molecule has 0 aliphatic heterocycles. The van der Waals surface area contributed by atoms with Gasteiger partial charge in [-0.25, -0.2) is 4.98 Å². The SMILES string of the molecule is CCOc1ccc(-c2ccc(Cn3c(CC(C)(C)C(=O)O)c(SC(C)(C)C)c4cc(OCc5ccc(C)cn5)ccc43)cc2)cn1.CNC[C@H](O)[C@@H](O)[C@H](O)[C@H](O)CO. The van der Waals surface area contributed by atoms with Crippen molar-refractivity contribution in [2.75, 3.05) is 26.8 Å². The summed E-state index contributed by atoms with van der Waals surface area (Å²) >= 11 is 1.77. The van der Waals surface area contributed by atoms with Crippen LogP contribution in [-0.2, 0) is 24.4 Å². The average molecular weight is 833 g/mol. The van der Waals surface area contributed by atoms with Gasteiger partial charge >= 0.3 is 5.97 Å². The molecule has 2 aromatic carbocycles. The van der Waals surface area contributed by atoms with Crippen LogP contribution in [-0.4, -0.2) is 107 Å². The summed E-state index contributed by atoms with van der Waals surface area (Å²) in [6.45, 7) is 15.1. The molecule has 0 bridgehead atoms. The Morgan fingerprint density at radius 2 is 1.54 bits per heavy atom. The number of aliphatic hydroxyl groups excluding tert-OH is 5. The Kier molecular flexibility index (Phi) is 16.9. The van der Waals surface area contributed by atoms with Gasteiger partial charge in [-0.05, 0) is 81.8 Å². The third kappa shape index (κ3) is 13.2. The molecule has 3 aromatic heterocycles. The number of fused-ring (bicyclic) bond motifs is 1. The zero-order valence-corrected chi connectivity index (χ0v) is 36.0. The van der Waals surface area contributed by atoms with Crippen LogP contribution in [0.15, 0.2) is 84.0 Å². The minimum Gasteiger partial charge on any atom is -0.487 e. The summed E-state index contributed by atoms with van der Waals surface area (Å²) in [5, 5.41) is 58.7. The lowest BCUT2D eigenvalue weighted by Crippen LogP contribution is -2.48. The highest BCUT2D eigenvalue weighted by molar-refractivity contribution is 8.00. The van der Waals surface area contributed by atoms with Crippen molar-refractivity contribution in [3.63, 3.8) is 0 Å². The molecule has 4 atom stereocenters. The lowest BCUT2D eigenvalue weighted by molar-refractivity contribution is -0.146. The van der Waals surface area contributed by atoms with Crippen molar-refractivity contribution in [1.82, 2.24) is 19.9 Å². The third-order valence-corrected chi connectivity index (χ3v) is 10.7. The number of hydrogen-bond donors (Lipinski definition) is 7. The van der Waals surface area contributed by atoms with E-state index in [9.17, 15) is 15.0 Å². The number of thioether (sulfide) groups is 1. The number of aliphatic carboxylic acids is 1. The Morgan fingerprint density at radius 1 is 0.864 bits per heavy atom. The van der Waals surface area contributed by atoms with Crippen LogP contribution >= 0.6 is 11.8 Å². The number of carbonyl (C=O) groups is 1. The van der Waals surface area contributed by atoms with Crippen LogP contribution in [0.5, 0.6) is 11.6 Å². The first kappa shape index (κ1) is 47.1. The number of carboxylic acid groups (broad SMARTS) is 1. The lowest BCUT2D eigenvalue weighted by atomic mass is 9.88. The van der Waals surface area contributed by atoms with Crippen molar-refractivity contribution < 1.29 is 44.9 Å². The van der Waals surface area contributed by atoms with E-state index in [-0.39, 0.29) is 11.3 Å². The molecule has 5 aromatic rings. The predicted octanol–water partition coefficient (Wildman–Crippen LogP) is 5.62. The molecule has 0 saturated heterocycles. The number of ether oxygens (including phenoxy) is 2. The lowest BCUT2D eigenvalue weighted by Gasteiger charge is -2.25. The average Bonchev–Trinajstić information content (AvgIpc) is 3.46. The maximum Gasteiger partial charge on any atom is 0.309 e. The first-order valence-corrected chi connectivity index (χ1v) is 20.5. The van der Waals surface area contributed by atoms with E-state index in [1.165, 1.54) is 0 Å². The van der Waals surface area contributed by atoms with E-state index in [4.69, 9.17) is 29.9 Å². The fraction of sp³-hybridized carbons (Fsp3) is 0.444. The molecule has 0 amide bonds. The highest BCUT2D eigenvalue weighted by Gasteiger charge is 2.33. The van der Waals surface area contributed by atoms with Crippen LogP contribution in [0, 0.1) is 12.3 Å². The maximum absolute atomic E-state index is 12.4. The van der Waals surface area contributed by atoms with Gasteiger partial charge in [-0.1, -0.05) is 51.1 Å². The molecular weight excluding hydrogens is 773 g/mol. The summed E-state index contributed by atoms with van der Waals surface area (Å²) in [7, 11) is 1.57. The number of aryl methyl sites for hydroxylation is 1. The van der Waals surface area contributed by atoms with Gasteiger partial charge in [-0.3, -0.25) is 9.78 Å². The summed E-state index contributed by atoms with van der Waals surface area (Å²) in [5.74, 6) is 0.544. The normalized spacial score (nSPS) is 13.9. The number of pyridine rings is 2. The second kappa shape index (κ2) is 21.1. The quantitative estimate of drug-likeness (QED) is 0.0538. The fourth-order valence-electron chi connectivity index (χ4n) is 6.12. The van der Waals surface area contributed by atoms with Crippen molar-refractivity contribution in [2.45, 2.75) is 102 Å². The van der Waals surface area contributed by atoms with Gasteiger partial charge in [0.15, 0.2) is 0 Å². The molecule has 0 unspecified atom stereocenters. The maximum atomic E-state index is 12.4. The number of rotatable bonds is 18. The fourth-order valence-corrected chi connectivity index (χ4v) is 7.31. The van der Waals surface area contributed by atoms with Gasteiger partial charge in [-0.15, -0.1) is 11.8 Å². The van der Waals surface area contributed by atoms with Crippen molar-refractivity contribution in [3.8, 4) is 22.8 Å². The van der Waals surface area contributed by atoms with E-state index in [1.807, 2.05) is 56.6 Å². The van der Waals surface area contributed by atoms with E-state index in [2.05, 4.69) is 77.0 Å². The first-order valence-electron chi connectivity index (χ1n) is 19.6. The minimum absolute atomic E-state index is 0.0936. The van der Waals surface area contributed by atoms with Crippen LogP contribution in [0.3, 0.4) is 0 Å². The molecule has 0 saturated carbocycles. The molecule has 14 heteroatoms. The number of carboxylic acids is 1. The summed E-state index contributed by atoms with van der Waals surface area (Å²) in [4.78, 5) is 22.4. The second-order valence-electron chi connectivity index (χ2n) is 16.1. The largest absolute Gasteiger partial charge is 0.487 e. The number of nitrogens with zero attached hydrogens (tertiary/aromatic N) is 3. The van der Waals surface area contributed by atoms with E-state index < -0.39 is 42.4 Å². The molecule has 0 fully saturated rings. The Balaban J connectivity index is 0.000000509. The van der Waals surface area contributed by atoms with Crippen LogP contribution in [0.25, 0.3) is 22.0 Å². The van der Waals surface area contributed by atoms with E-state index in [1.54, 1.807) is 32.7 Å². The Hall–Kier alpha value is -4.54. The molecule has 320 valence electrons. The molecule has 0 radical (unpaired) electrons. The monoisotopic (exact) mass is 832 g/mol. The van der Waals surface area contributed by atoms with E-state index in [0.29, 0.717) is 32.1 Å². The summed E-state index contributed by atoms with van der Waals surface area (Å²) in [6.07, 6.45) is -1.59. The number of aliphatic hydroxyl groups is 5. The smallest absolute Gasteiger partial charge is 0.309 e. The summed E-state index contributed by atoms with van der Waals surface area (Å²) in [5.41, 5.74) is 6.27. The number of benzene rings is 2. The standard InChI is InChI=1S/C38H43N3O4S.C7H17NO5/c1-8-44-34-18-14-28(22-40-34)27-12-10-26(11-13-27)23-41-32-17-16-30(45-24-29-15-9-25(2)21-39-29)19-31(32)35(46-37(3,4)5)33(41)20-38(6,7)36(42)43;1-8-2-4(10)6(12)7(13)5(11)3-9/h9-19,21-22H,8,20,23-24H2,1-7H3,(H,42,43);4-13H,2-3H2,1H3/t;4-,5+,6+,7+/m.0/s1. The molecule has 7 N–H and O–H groups in total. The number of aromatic nitrogens is 3. The van der Waals surface area contributed by atoms with E-state index in [0.717, 1.165) is 55.2 Å². The Morgan fingerprint density at radius 3 is 2.10 bits per heavy atom.